The Morgan fingerprint density at radius 2 is 1.33 bits per heavy atom. The van der Waals surface area contributed by atoms with Crippen LogP contribution < -0.4 is 5.32 Å². The lowest BCUT2D eigenvalue weighted by atomic mass is 9.79. The summed E-state index contributed by atoms with van der Waals surface area (Å²) in [4.78, 5) is 12.2. The Bertz CT molecular complexity index is 865. The molecule has 1 heterocycles. The van der Waals surface area contributed by atoms with Gasteiger partial charge in [0.15, 0.2) is 6.10 Å². The summed E-state index contributed by atoms with van der Waals surface area (Å²) in [6, 6.07) is 30.8. The number of rotatable bonds is 7. The smallest absolute Gasteiger partial charge is 0.251 e. The Labute approximate surface area is 160 Å². The monoisotopic (exact) mass is 357 g/mol. The molecule has 0 spiro atoms. The van der Waals surface area contributed by atoms with Crippen molar-refractivity contribution < 1.29 is 9.53 Å². The van der Waals surface area contributed by atoms with E-state index < -0.39 is 6.10 Å². The molecule has 4 rings (SSSR count). The number of benzene rings is 3. The quantitative estimate of drug-likeness (QED) is 0.647. The molecule has 1 fully saturated rings. The fourth-order valence-corrected chi connectivity index (χ4v) is 3.66. The SMILES string of the molecule is O=C1NC(C(Cc2ccccc2)c2ccccc2)C1OCc1ccccc1. The molecule has 27 heavy (non-hydrogen) atoms. The van der Waals surface area contributed by atoms with Crippen molar-refractivity contribution in [2.24, 2.45) is 0 Å². The predicted octanol–water partition coefficient (Wildman–Crippen LogP) is 4.10. The fourth-order valence-electron chi connectivity index (χ4n) is 3.66. The Kier molecular flexibility index (Phi) is 5.31. The standard InChI is InChI=1S/C24H23NO2/c26-24-23(27-17-19-12-6-2-7-13-19)22(25-24)21(20-14-8-3-9-15-20)16-18-10-4-1-5-11-18/h1-15,21-23H,16-17H2,(H,25,26). The molecule has 3 unspecified atom stereocenters. The number of nitrogens with one attached hydrogen (secondary N) is 1. The van der Waals surface area contributed by atoms with Gasteiger partial charge in [-0.05, 0) is 23.1 Å². The molecule has 3 aromatic rings. The maximum atomic E-state index is 12.2. The fraction of sp³-hybridized carbons (Fsp3) is 0.208. The molecule has 0 saturated carbocycles. The molecular formula is C24H23NO2. The largest absolute Gasteiger partial charge is 0.362 e. The van der Waals surface area contributed by atoms with Crippen LogP contribution in [-0.4, -0.2) is 18.1 Å². The lowest BCUT2D eigenvalue weighted by Gasteiger charge is -2.41. The van der Waals surface area contributed by atoms with Crippen molar-refractivity contribution in [1.29, 1.82) is 0 Å². The molecule has 136 valence electrons. The van der Waals surface area contributed by atoms with Gasteiger partial charge < -0.3 is 10.1 Å². The highest BCUT2D eigenvalue weighted by molar-refractivity contribution is 5.88. The highest BCUT2D eigenvalue weighted by atomic mass is 16.5. The van der Waals surface area contributed by atoms with Crippen LogP contribution in [0.4, 0.5) is 0 Å². The Balaban J connectivity index is 1.53. The van der Waals surface area contributed by atoms with E-state index in [1.165, 1.54) is 11.1 Å². The first-order chi connectivity index (χ1) is 13.3. The number of carbonyl (C=O) groups excluding carboxylic acids is 1. The van der Waals surface area contributed by atoms with Crippen LogP contribution in [0, 0.1) is 0 Å². The zero-order chi connectivity index (χ0) is 18.5. The van der Waals surface area contributed by atoms with Crippen LogP contribution in [0.5, 0.6) is 0 Å². The van der Waals surface area contributed by atoms with Gasteiger partial charge in [0.25, 0.3) is 5.91 Å². The third-order valence-electron chi connectivity index (χ3n) is 5.13. The van der Waals surface area contributed by atoms with E-state index in [9.17, 15) is 4.79 Å². The van der Waals surface area contributed by atoms with Gasteiger partial charge in [-0.3, -0.25) is 4.79 Å². The van der Waals surface area contributed by atoms with Crippen LogP contribution in [0.25, 0.3) is 0 Å². The van der Waals surface area contributed by atoms with E-state index in [0.717, 1.165) is 12.0 Å². The Morgan fingerprint density at radius 3 is 1.93 bits per heavy atom. The van der Waals surface area contributed by atoms with E-state index >= 15 is 0 Å². The number of ether oxygens (including phenoxy) is 1. The van der Waals surface area contributed by atoms with Gasteiger partial charge in [0.1, 0.15) is 0 Å². The molecule has 1 saturated heterocycles. The molecular weight excluding hydrogens is 334 g/mol. The zero-order valence-corrected chi connectivity index (χ0v) is 15.1. The van der Waals surface area contributed by atoms with Gasteiger partial charge in [0.2, 0.25) is 0 Å². The Hall–Kier alpha value is -2.91. The van der Waals surface area contributed by atoms with Gasteiger partial charge in [-0.15, -0.1) is 0 Å². The van der Waals surface area contributed by atoms with Crippen molar-refractivity contribution in [3.05, 3.63) is 108 Å². The first-order valence-electron chi connectivity index (χ1n) is 9.36. The Morgan fingerprint density at radius 1 is 0.778 bits per heavy atom. The van der Waals surface area contributed by atoms with Crippen molar-refractivity contribution in [3.63, 3.8) is 0 Å². The van der Waals surface area contributed by atoms with Crippen molar-refractivity contribution in [2.45, 2.75) is 31.1 Å². The molecule has 1 aliphatic heterocycles. The highest BCUT2D eigenvalue weighted by Gasteiger charge is 2.45. The van der Waals surface area contributed by atoms with Crippen LogP contribution in [0.3, 0.4) is 0 Å². The van der Waals surface area contributed by atoms with E-state index in [0.29, 0.717) is 6.61 Å². The summed E-state index contributed by atoms with van der Waals surface area (Å²) in [5.41, 5.74) is 3.56. The molecule has 0 aromatic heterocycles. The topological polar surface area (TPSA) is 38.3 Å². The summed E-state index contributed by atoms with van der Waals surface area (Å²) < 4.78 is 6.02. The molecule has 1 N–H and O–H groups in total. The number of amides is 1. The van der Waals surface area contributed by atoms with Gasteiger partial charge in [-0.2, -0.15) is 0 Å². The molecule has 1 aliphatic rings. The highest BCUT2D eigenvalue weighted by Crippen LogP contribution is 2.31. The second-order valence-corrected chi connectivity index (χ2v) is 6.96. The van der Waals surface area contributed by atoms with E-state index in [-0.39, 0.29) is 17.9 Å². The predicted molar refractivity (Wildman–Crippen MR) is 106 cm³/mol. The van der Waals surface area contributed by atoms with Crippen LogP contribution in [0.2, 0.25) is 0 Å². The summed E-state index contributed by atoms with van der Waals surface area (Å²) in [6.45, 7) is 0.447. The minimum absolute atomic E-state index is 0.0232. The summed E-state index contributed by atoms with van der Waals surface area (Å²) in [5, 5.41) is 3.08. The maximum Gasteiger partial charge on any atom is 0.251 e. The first kappa shape index (κ1) is 17.5. The van der Waals surface area contributed by atoms with E-state index in [1.54, 1.807) is 0 Å². The third kappa shape index (κ3) is 4.09. The number of carbonyl (C=O) groups is 1. The first-order valence-corrected chi connectivity index (χ1v) is 9.36. The van der Waals surface area contributed by atoms with Crippen LogP contribution >= 0.6 is 0 Å². The van der Waals surface area contributed by atoms with Crippen molar-refractivity contribution in [2.75, 3.05) is 0 Å². The van der Waals surface area contributed by atoms with Crippen molar-refractivity contribution in [3.8, 4) is 0 Å². The molecule has 3 atom stereocenters. The molecule has 3 heteroatoms. The van der Waals surface area contributed by atoms with E-state index in [2.05, 4.69) is 41.7 Å². The van der Waals surface area contributed by atoms with E-state index in [4.69, 9.17) is 4.74 Å². The number of hydrogen-bond acceptors (Lipinski definition) is 2. The zero-order valence-electron chi connectivity index (χ0n) is 15.1. The normalized spacial score (nSPS) is 19.8. The second-order valence-electron chi connectivity index (χ2n) is 6.96. The molecule has 0 aliphatic carbocycles. The van der Waals surface area contributed by atoms with Gasteiger partial charge in [0, 0.05) is 5.92 Å². The van der Waals surface area contributed by atoms with Gasteiger partial charge in [-0.1, -0.05) is 91.0 Å². The lowest BCUT2D eigenvalue weighted by molar-refractivity contribution is -0.150. The average molecular weight is 357 g/mol. The summed E-state index contributed by atoms with van der Waals surface area (Å²) >= 11 is 0. The summed E-state index contributed by atoms with van der Waals surface area (Å²) in [6.07, 6.45) is 0.445. The molecule has 0 radical (unpaired) electrons. The van der Waals surface area contributed by atoms with Gasteiger partial charge in [0.05, 0.1) is 12.6 Å². The van der Waals surface area contributed by atoms with Crippen molar-refractivity contribution in [1.82, 2.24) is 5.32 Å². The maximum absolute atomic E-state index is 12.2. The molecule has 3 nitrogen and oxygen atoms in total. The van der Waals surface area contributed by atoms with Crippen LogP contribution in [0.15, 0.2) is 91.0 Å². The molecule has 1 amide bonds. The lowest BCUT2D eigenvalue weighted by Crippen LogP contribution is -2.65. The number of hydrogen-bond donors (Lipinski definition) is 1. The third-order valence-corrected chi connectivity index (χ3v) is 5.13. The molecule has 0 bridgehead atoms. The summed E-state index contributed by atoms with van der Waals surface area (Å²) in [7, 11) is 0. The minimum Gasteiger partial charge on any atom is -0.362 e. The van der Waals surface area contributed by atoms with Crippen molar-refractivity contribution >= 4 is 5.91 Å². The minimum atomic E-state index is -0.417. The molecule has 3 aromatic carbocycles. The van der Waals surface area contributed by atoms with Crippen LogP contribution in [0.1, 0.15) is 22.6 Å². The average Bonchev–Trinajstić information content (AvgIpc) is 2.73. The number of β-lactam (4-membered cyclic amide) rings is 1. The van der Waals surface area contributed by atoms with Gasteiger partial charge >= 0.3 is 0 Å². The van der Waals surface area contributed by atoms with Crippen LogP contribution in [-0.2, 0) is 22.6 Å². The van der Waals surface area contributed by atoms with E-state index in [1.807, 2.05) is 54.6 Å². The second kappa shape index (κ2) is 8.19. The van der Waals surface area contributed by atoms with Gasteiger partial charge in [-0.25, -0.2) is 0 Å². The summed E-state index contributed by atoms with van der Waals surface area (Å²) in [5.74, 6) is 0.150.